The second kappa shape index (κ2) is 8.74. The van der Waals surface area contributed by atoms with Crippen molar-refractivity contribution in [3.05, 3.63) is 23.8 Å². The van der Waals surface area contributed by atoms with Crippen LogP contribution in [-0.4, -0.2) is 44.6 Å². The molecule has 0 saturated heterocycles. The van der Waals surface area contributed by atoms with Crippen LogP contribution in [-0.2, 0) is 19.1 Å². The number of ether oxygens (including phenoxy) is 1. The summed E-state index contributed by atoms with van der Waals surface area (Å²) in [4.78, 5) is 38.4. The number of allylic oxidation sites excluding steroid dienone is 4. The third-order valence-corrected chi connectivity index (χ3v) is 10.4. The molecule has 34 heavy (non-hydrogen) atoms. The fraction of sp³-hybridized carbons (Fsp3) is 0.731. The summed E-state index contributed by atoms with van der Waals surface area (Å²) in [6, 6.07) is 0. The molecule has 8 heteroatoms. The molecular weight excluding hydrogens is 479 g/mol. The molecule has 4 aliphatic rings. The number of hydrogen-bond acceptors (Lipinski definition) is 6. The summed E-state index contributed by atoms with van der Waals surface area (Å²) >= 11 is 6.83. The Morgan fingerprint density at radius 1 is 1.32 bits per heavy atom. The third-order valence-electron chi connectivity index (χ3n) is 9.40. The van der Waals surface area contributed by atoms with Crippen LogP contribution in [0.2, 0.25) is 0 Å². The maximum absolute atomic E-state index is 17.3. The number of aliphatic hydroxyl groups is 1. The van der Waals surface area contributed by atoms with Gasteiger partial charge in [0.1, 0.15) is 0 Å². The summed E-state index contributed by atoms with van der Waals surface area (Å²) in [5.41, 5.74) is -4.82. The molecule has 188 valence electrons. The zero-order valence-corrected chi connectivity index (χ0v) is 21.8. The monoisotopic (exact) mass is 512 g/mol. The van der Waals surface area contributed by atoms with Gasteiger partial charge in [-0.3, -0.25) is 14.4 Å². The number of hydrogen-bond donors (Lipinski definition) is 1. The van der Waals surface area contributed by atoms with Gasteiger partial charge in [0.05, 0.1) is 11.3 Å². The lowest BCUT2D eigenvalue weighted by Crippen LogP contribution is -2.69. The van der Waals surface area contributed by atoms with Crippen molar-refractivity contribution >= 4 is 40.2 Å². The van der Waals surface area contributed by atoms with Gasteiger partial charge in [-0.2, -0.15) is 0 Å². The van der Waals surface area contributed by atoms with Crippen LogP contribution in [0.15, 0.2) is 23.8 Å². The number of esters is 1. The van der Waals surface area contributed by atoms with Crippen molar-refractivity contribution in [2.75, 3.05) is 5.21 Å². The van der Waals surface area contributed by atoms with E-state index in [0.717, 1.165) is 11.8 Å². The summed E-state index contributed by atoms with van der Waals surface area (Å²) in [5, 5.41) is 11.2. The maximum atomic E-state index is 17.3. The molecule has 1 N–H and O–H groups in total. The second-order valence-electron chi connectivity index (χ2n) is 10.9. The molecule has 2 unspecified atom stereocenters. The quantitative estimate of drug-likeness (QED) is 0.405. The molecule has 4 rings (SSSR count). The van der Waals surface area contributed by atoms with E-state index in [1.807, 2.05) is 20.8 Å². The van der Waals surface area contributed by atoms with E-state index in [1.165, 1.54) is 12.2 Å². The number of rotatable bonds is 5. The van der Waals surface area contributed by atoms with Gasteiger partial charge in [-0.05, 0) is 57.1 Å². The Balaban J connectivity index is 1.83. The summed E-state index contributed by atoms with van der Waals surface area (Å²) < 4.78 is 23.4. The molecule has 0 radical (unpaired) electrons. The number of thioether (sulfide) groups is 1. The first-order chi connectivity index (χ1) is 15.9. The third kappa shape index (κ3) is 3.25. The lowest BCUT2D eigenvalue weighted by Gasteiger charge is -2.62. The molecule has 0 aliphatic heterocycles. The van der Waals surface area contributed by atoms with E-state index in [0.29, 0.717) is 31.3 Å². The van der Waals surface area contributed by atoms with E-state index in [-0.39, 0.29) is 40.8 Å². The predicted molar refractivity (Wildman–Crippen MR) is 130 cm³/mol. The Morgan fingerprint density at radius 3 is 2.68 bits per heavy atom. The molecule has 8 atom stereocenters. The molecule has 3 fully saturated rings. The van der Waals surface area contributed by atoms with E-state index >= 15 is 4.39 Å². The summed E-state index contributed by atoms with van der Waals surface area (Å²) in [6.45, 7) is 7.39. The molecule has 0 spiro atoms. The van der Waals surface area contributed by atoms with Gasteiger partial charge in [0.15, 0.2) is 17.1 Å². The molecule has 0 aromatic heterocycles. The van der Waals surface area contributed by atoms with Crippen LogP contribution >= 0.6 is 23.4 Å². The van der Waals surface area contributed by atoms with Gasteiger partial charge in [0.2, 0.25) is 5.12 Å². The highest BCUT2D eigenvalue weighted by atomic mass is 35.5. The Morgan fingerprint density at radius 2 is 2.03 bits per heavy atom. The van der Waals surface area contributed by atoms with Crippen molar-refractivity contribution in [2.45, 2.75) is 83.6 Å². The normalized spacial score (nSPS) is 45.1. The number of carbonyl (C=O) groups excluding carboxylic acids is 3. The molecule has 5 nitrogen and oxygen atoms in total. The van der Waals surface area contributed by atoms with E-state index in [1.54, 1.807) is 13.0 Å². The molecule has 0 bridgehead atoms. The highest BCUT2D eigenvalue weighted by Gasteiger charge is 2.77. The Labute approximate surface area is 209 Å². The van der Waals surface area contributed by atoms with Gasteiger partial charge in [-0.1, -0.05) is 44.2 Å². The van der Waals surface area contributed by atoms with Gasteiger partial charge in [0, 0.05) is 29.1 Å². The van der Waals surface area contributed by atoms with Crippen molar-refractivity contribution in [1.82, 2.24) is 0 Å². The van der Waals surface area contributed by atoms with Crippen LogP contribution in [0.3, 0.4) is 0 Å². The van der Waals surface area contributed by atoms with Crippen LogP contribution in [0.5, 0.6) is 0 Å². The average Bonchev–Trinajstić information content (AvgIpc) is 2.97. The Kier molecular flexibility index (Phi) is 6.65. The standard InChI is InChI=1S/C26H34ClFO5S/c1-5-6-21(31)33-26(22(32)34-14-27)15(2)11-19-18-8-7-16-12-17(29)9-10-23(16,3)25(18,28)20(30)13-24(19,26)4/h9-10,12,15,18-20,30H,5-8,11,13-14H2,1-4H3/t15-,18?,19?,20-,23-,24-,25-,26-/m0/s1. The lowest BCUT2D eigenvalue weighted by atomic mass is 9.45. The van der Waals surface area contributed by atoms with Crippen molar-refractivity contribution in [3.8, 4) is 0 Å². The van der Waals surface area contributed by atoms with Gasteiger partial charge in [-0.25, -0.2) is 4.39 Å². The number of halogens is 2. The first kappa shape index (κ1) is 25.9. The van der Waals surface area contributed by atoms with E-state index in [4.69, 9.17) is 16.3 Å². The predicted octanol–water partition coefficient (Wildman–Crippen LogP) is 5.14. The number of carbonyl (C=O) groups is 3. The fourth-order valence-corrected chi connectivity index (χ4v) is 8.90. The molecule has 0 heterocycles. The van der Waals surface area contributed by atoms with Crippen LogP contribution in [0, 0.1) is 28.6 Å². The Hall–Kier alpha value is -1.18. The van der Waals surface area contributed by atoms with E-state index < -0.39 is 40.1 Å². The van der Waals surface area contributed by atoms with E-state index in [9.17, 15) is 19.5 Å². The largest absolute Gasteiger partial charge is 0.449 e. The van der Waals surface area contributed by atoms with Gasteiger partial charge < -0.3 is 9.84 Å². The summed E-state index contributed by atoms with van der Waals surface area (Å²) in [5.74, 6) is -1.81. The number of aliphatic hydroxyl groups excluding tert-OH is 1. The maximum Gasteiger partial charge on any atom is 0.306 e. The first-order valence-corrected chi connectivity index (χ1v) is 13.7. The molecule has 0 amide bonds. The van der Waals surface area contributed by atoms with Crippen molar-refractivity contribution in [2.24, 2.45) is 28.6 Å². The fourth-order valence-electron chi connectivity index (χ4n) is 7.82. The van der Waals surface area contributed by atoms with Crippen LogP contribution < -0.4 is 0 Å². The molecule has 3 saturated carbocycles. The van der Waals surface area contributed by atoms with Crippen LogP contribution in [0.1, 0.15) is 66.2 Å². The highest BCUT2D eigenvalue weighted by molar-refractivity contribution is 8.14. The highest BCUT2D eigenvalue weighted by Crippen LogP contribution is 2.71. The minimum absolute atomic E-state index is 0.0173. The summed E-state index contributed by atoms with van der Waals surface area (Å²) in [6.07, 6.45) is 5.37. The van der Waals surface area contributed by atoms with Gasteiger partial charge in [-0.15, -0.1) is 11.6 Å². The molecular formula is C26H34ClFO5S. The first-order valence-electron chi connectivity index (χ1n) is 12.2. The topological polar surface area (TPSA) is 80.7 Å². The molecule has 0 aromatic rings. The number of ketones is 1. The average molecular weight is 513 g/mol. The van der Waals surface area contributed by atoms with Crippen molar-refractivity contribution in [3.63, 3.8) is 0 Å². The number of alkyl halides is 2. The van der Waals surface area contributed by atoms with Crippen LogP contribution in [0.25, 0.3) is 0 Å². The van der Waals surface area contributed by atoms with Gasteiger partial charge in [0.25, 0.3) is 0 Å². The van der Waals surface area contributed by atoms with Gasteiger partial charge >= 0.3 is 5.97 Å². The van der Waals surface area contributed by atoms with E-state index in [2.05, 4.69) is 0 Å². The zero-order valence-electron chi connectivity index (χ0n) is 20.2. The van der Waals surface area contributed by atoms with Crippen molar-refractivity contribution < 1.29 is 28.6 Å². The molecule has 0 aromatic carbocycles. The second-order valence-corrected chi connectivity index (χ2v) is 12.4. The zero-order chi connectivity index (χ0) is 25.1. The minimum atomic E-state index is -2.00. The smallest absolute Gasteiger partial charge is 0.306 e. The summed E-state index contributed by atoms with van der Waals surface area (Å²) in [7, 11) is 0. The lowest BCUT2D eigenvalue weighted by molar-refractivity contribution is -0.225. The molecule has 4 aliphatic carbocycles. The SMILES string of the molecule is CCCC(=O)O[C@]1(C(=O)SCCl)[C@@H](C)CC2C3CCC4=CC(=O)C=C[C@]4(C)[C@@]3(F)[C@@H](O)C[C@@]21C. The Bertz CT molecular complexity index is 967. The van der Waals surface area contributed by atoms with Crippen molar-refractivity contribution in [1.29, 1.82) is 0 Å². The van der Waals surface area contributed by atoms with Crippen LogP contribution in [0.4, 0.5) is 4.39 Å². The minimum Gasteiger partial charge on any atom is -0.449 e. The number of fused-ring (bicyclic) bond motifs is 5.